The minimum absolute atomic E-state index is 0.0209. The Morgan fingerprint density at radius 3 is 2.33 bits per heavy atom. The van der Waals surface area contributed by atoms with Gasteiger partial charge >= 0.3 is 12.0 Å². The van der Waals surface area contributed by atoms with Crippen LogP contribution in [0.5, 0.6) is 0 Å². The molecule has 0 saturated carbocycles. The van der Waals surface area contributed by atoms with E-state index in [9.17, 15) is 14.4 Å². The normalized spacial score (nSPS) is 10.6. The van der Waals surface area contributed by atoms with E-state index in [4.69, 9.17) is 5.11 Å². The lowest BCUT2D eigenvalue weighted by Crippen LogP contribution is -2.42. The second-order valence-electron chi connectivity index (χ2n) is 4.93. The van der Waals surface area contributed by atoms with Gasteiger partial charge in [0.15, 0.2) is 0 Å². The van der Waals surface area contributed by atoms with Crippen LogP contribution in [0.2, 0.25) is 0 Å². The molecule has 0 saturated heterocycles. The lowest BCUT2D eigenvalue weighted by molar-refractivity contribution is -0.139. The number of aliphatic carboxylic acids is 1. The van der Waals surface area contributed by atoms with Crippen LogP contribution in [-0.2, 0) is 9.59 Å². The molecule has 0 aromatic heterocycles. The number of amides is 3. The van der Waals surface area contributed by atoms with Crippen molar-refractivity contribution in [3.8, 4) is 0 Å². The van der Waals surface area contributed by atoms with Crippen LogP contribution in [0.4, 0.5) is 4.79 Å². The van der Waals surface area contributed by atoms with Crippen LogP contribution in [0, 0.1) is 5.41 Å². The molecular formula is C12H20N2O4. The Balaban J connectivity index is 4.30. The van der Waals surface area contributed by atoms with Crippen molar-refractivity contribution in [2.75, 3.05) is 13.6 Å². The Bertz CT molecular complexity index is 350. The molecule has 0 aromatic rings. The van der Waals surface area contributed by atoms with Gasteiger partial charge in [-0.05, 0) is 5.41 Å². The summed E-state index contributed by atoms with van der Waals surface area (Å²) >= 11 is 0. The summed E-state index contributed by atoms with van der Waals surface area (Å²) in [5.41, 5.74) is -0.687. The lowest BCUT2D eigenvalue weighted by atomic mass is 9.85. The zero-order chi connectivity index (χ0) is 14.3. The van der Waals surface area contributed by atoms with E-state index in [2.05, 4.69) is 11.9 Å². The predicted octanol–water partition coefficient (Wildman–Crippen LogP) is 1.23. The molecule has 0 aromatic carbocycles. The molecule has 0 unspecified atom stereocenters. The Labute approximate surface area is 107 Å². The van der Waals surface area contributed by atoms with Crippen molar-refractivity contribution in [2.24, 2.45) is 5.41 Å². The first-order valence-electron chi connectivity index (χ1n) is 5.55. The van der Waals surface area contributed by atoms with E-state index >= 15 is 0 Å². The second-order valence-corrected chi connectivity index (χ2v) is 4.93. The Morgan fingerprint density at radius 1 is 1.33 bits per heavy atom. The SMILES string of the molecule is C=CCN(C)C(=O)NC(=O)CC(C)(C)CC(=O)O. The Kier molecular flexibility index (Phi) is 6.08. The number of likely N-dealkylation sites (N-methyl/N-ethyl adjacent to an activating group) is 1. The number of imide groups is 1. The van der Waals surface area contributed by atoms with Gasteiger partial charge in [0, 0.05) is 20.0 Å². The first kappa shape index (κ1) is 16.1. The van der Waals surface area contributed by atoms with Gasteiger partial charge in [-0.15, -0.1) is 6.58 Å². The number of hydrogen-bond acceptors (Lipinski definition) is 3. The van der Waals surface area contributed by atoms with Gasteiger partial charge in [0.05, 0.1) is 6.42 Å². The highest BCUT2D eigenvalue weighted by atomic mass is 16.4. The zero-order valence-corrected chi connectivity index (χ0v) is 11.0. The van der Waals surface area contributed by atoms with Gasteiger partial charge in [-0.25, -0.2) is 4.79 Å². The third-order valence-corrected chi connectivity index (χ3v) is 2.26. The molecule has 18 heavy (non-hydrogen) atoms. The molecule has 2 N–H and O–H groups in total. The molecule has 0 spiro atoms. The van der Waals surface area contributed by atoms with Crippen LogP contribution in [0.1, 0.15) is 26.7 Å². The van der Waals surface area contributed by atoms with Gasteiger partial charge < -0.3 is 10.0 Å². The minimum atomic E-state index is -0.970. The molecular weight excluding hydrogens is 236 g/mol. The summed E-state index contributed by atoms with van der Waals surface area (Å²) in [6, 6.07) is -0.522. The molecule has 6 heteroatoms. The first-order chi connectivity index (χ1) is 8.18. The molecule has 6 nitrogen and oxygen atoms in total. The van der Waals surface area contributed by atoms with E-state index in [1.54, 1.807) is 19.9 Å². The van der Waals surface area contributed by atoms with E-state index < -0.39 is 23.3 Å². The van der Waals surface area contributed by atoms with E-state index in [0.29, 0.717) is 6.54 Å². The van der Waals surface area contributed by atoms with E-state index in [1.165, 1.54) is 11.9 Å². The number of carbonyl (C=O) groups excluding carboxylic acids is 2. The quantitative estimate of drug-likeness (QED) is 0.700. The summed E-state index contributed by atoms with van der Waals surface area (Å²) in [5.74, 6) is -1.45. The van der Waals surface area contributed by atoms with Crippen molar-refractivity contribution in [3.05, 3.63) is 12.7 Å². The molecule has 3 amide bonds. The van der Waals surface area contributed by atoms with E-state index in [1.807, 2.05) is 0 Å². The van der Waals surface area contributed by atoms with Gasteiger partial charge in [0.2, 0.25) is 5.91 Å². The number of carbonyl (C=O) groups is 3. The standard InChI is InChI=1S/C12H20N2O4/c1-5-6-14(4)11(18)13-9(15)7-12(2,3)8-10(16)17/h5H,1,6-8H2,2-4H3,(H,16,17)(H,13,15,18). The molecule has 0 heterocycles. The summed E-state index contributed by atoms with van der Waals surface area (Å²) in [7, 11) is 1.53. The van der Waals surface area contributed by atoms with E-state index in [-0.39, 0.29) is 12.8 Å². The summed E-state index contributed by atoms with van der Waals surface area (Å²) in [4.78, 5) is 35.0. The van der Waals surface area contributed by atoms with Crippen molar-refractivity contribution in [2.45, 2.75) is 26.7 Å². The number of nitrogens with zero attached hydrogens (tertiary/aromatic N) is 1. The fourth-order valence-electron chi connectivity index (χ4n) is 1.44. The zero-order valence-electron chi connectivity index (χ0n) is 11.0. The molecule has 0 aliphatic rings. The van der Waals surface area contributed by atoms with Gasteiger partial charge in [-0.2, -0.15) is 0 Å². The van der Waals surface area contributed by atoms with Gasteiger partial charge in [-0.3, -0.25) is 14.9 Å². The number of urea groups is 1. The average molecular weight is 256 g/mol. The predicted molar refractivity (Wildman–Crippen MR) is 67.0 cm³/mol. The molecule has 0 atom stereocenters. The highest BCUT2D eigenvalue weighted by Gasteiger charge is 2.26. The van der Waals surface area contributed by atoms with Crippen LogP contribution < -0.4 is 5.32 Å². The van der Waals surface area contributed by atoms with Crippen molar-refractivity contribution in [1.29, 1.82) is 0 Å². The highest BCUT2D eigenvalue weighted by molar-refractivity contribution is 5.94. The molecule has 102 valence electrons. The second kappa shape index (κ2) is 6.78. The highest BCUT2D eigenvalue weighted by Crippen LogP contribution is 2.24. The molecule has 0 fully saturated rings. The number of hydrogen-bond donors (Lipinski definition) is 2. The summed E-state index contributed by atoms with van der Waals surface area (Å²) in [6.45, 7) is 7.14. The van der Waals surface area contributed by atoms with Crippen LogP contribution in [0.3, 0.4) is 0 Å². The molecule has 0 aliphatic heterocycles. The van der Waals surface area contributed by atoms with E-state index in [0.717, 1.165) is 0 Å². The van der Waals surface area contributed by atoms with Crippen molar-refractivity contribution >= 4 is 17.9 Å². The fourth-order valence-corrected chi connectivity index (χ4v) is 1.44. The maximum atomic E-state index is 11.6. The fraction of sp³-hybridized carbons (Fsp3) is 0.583. The largest absolute Gasteiger partial charge is 0.481 e. The number of nitrogens with one attached hydrogen (secondary N) is 1. The van der Waals surface area contributed by atoms with Crippen LogP contribution >= 0.6 is 0 Å². The minimum Gasteiger partial charge on any atom is -0.481 e. The summed E-state index contributed by atoms with van der Waals surface area (Å²) in [5, 5.41) is 10.9. The van der Waals surface area contributed by atoms with Crippen molar-refractivity contribution < 1.29 is 19.5 Å². The summed E-state index contributed by atoms with van der Waals surface area (Å²) < 4.78 is 0. The summed E-state index contributed by atoms with van der Waals surface area (Å²) in [6.07, 6.45) is 1.39. The third kappa shape index (κ3) is 6.67. The van der Waals surface area contributed by atoms with Crippen LogP contribution in [0.25, 0.3) is 0 Å². The maximum absolute atomic E-state index is 11.6. The lowest BCUT2D eigenvalue weighted by Gasteiger charge is -2.22. The van der Waals surface area contributed by atoms with Gasteiger partial charge in [0.1, 0.15) is 0 Å². The van der Waals surface area contributed by atoms with Crippen molar-refractivity contribution in [1.82, 2.24) is 10.2 Å². The topological polar surface area (TPSA) is 86.7 Å². The van der Waals surface area contributed by atoms with Crippen LogP contribution in [0.15, 0.2) is 12.7 Å². The maximum Gasteiger partial charge on any atom is 0.324 e. The smallest absolute Gasteiger partial charge is 0.324 e. The number of carboxylic acid groups (broad SMARTS) is 1. The molecule has 0 bridgehead atoms. The first-order valence-corrected chi connectivity index (χ1v) is 5.55. The van der Waals surface area contributed by atoms with Crippen LogP contribution in [-0.4, -0.2) is 41.5 Å². The number of carboxylic acids is 1. The third-order valence-electron chi connectivity index (χ3n) is 2.26. The Hall–Kier alpha value is -1.85. The monoisotopic (exact) mass is 256 g/mol. The van der Waals surface area contributed by atoms with Crippen molar-refractivity contribution in [3.63, 3.8) is 0 Å². The molecule has 0 aliphatic carbocycles. The van der Waals surface area contributed by atoms with Gasteiger partial charge in [-0.1, -0.05) is 19.9 Å². The Morgan fingerprint density at radius 2 is 1.89 bits per heavy atom. The average Bonchev–Trinajstić information content (AvgIpc) is 2.13. The molecule has 0 radical (unpaired) electrons. The molecule has 0 rings (SSSR count). The number of rotatable bonds is 6. The van der Waals surface area contributed by atoms with Gasteiger partial charge in [0.25, 0.3) is 0 Å².